The monoisotopic (exact) mass is 600 g/mol. The van der Waals surface area contributed by atoms with E-state index in [1.54, 1.807) is 48.5 Å². The number of nitrogens with one attached hydrogen (secondary N) is 1. The molecule has 1 saturated heterocycles. The molecule has 210 valence electrons. The van der Waals surface area contributed by atoms with Crippen LogP contribution in [0.5, 0.6) is 0 Å². The Morgan fingerprint density at radius 1 is 1.10 bits per heavy atom. The van der Waals surface area contributed by atoms with Crippen molar-refractivity contribution in [3.63, 3.8) is 0 Å². The van der Waals surface area contributed by atoms with E-state index in [9.17, 15) is 13.2 Å². The van der Waals surface area contributed by atoms with E-state index in [0.29, 0.717) is 52.2 Å². The second-order valence-corrected chi connectivity index (χ2v) is 12.5. The third kappa shape index (κ3) is 5.75. The van der Waals surface area contributed by atoms with Gasteiger partial charge in [-0.15, -0.1) is 0 Å². The molecule has 12 heteroatoms. The maximum absolute atomic E-state index is 13.4. The Labute approximate surface area is 243 Å². The molecule has 9 nitrogen and oxygen atoms in total. The number of nitrogens with zero attached hydrogens (tertiary/aromatic N) is 5. The predicted molar refractivity (Wildman–Crippen MR) is 159 cm³/mol. The molecule has 1 aliphatic heterocycles. The summed E-state index contributed by atoms with van der Waals surface area (Å²) in [5, 5.41) is 4.75. The van der Waals surface area contributed by atoms with Gasteiger partial charge in [-0.25, -0.2) is 22.4 Å². The molecule has 0 radical (unpaired) electrons. The number of anilines is 2. The lowest BCUT2D eigenvalue weighted by Crippen LogP contribution is -2.51. The van der Waals surface area contributed by atoms with Crippen LogP contribution in [0.4, 0.5) is 11.5 Å². The predicted octanol–water partition coefficient (Wildman–Crippen LogP) is 5.21. The molecule has 1 N–H and O–H groups in total. The van der Waals surface area contributed by atoms with Gasteiger partial charge in [-0.2, -0.15) is 0 Å². The van der Waals surface area contributed by atoms with Gasteiger partial charge >= 0.3 is 0 Å². The average Bonchev–Trinajstić information content (AvgIpc) is 3.38. The summed E-state index contributed by atoms with van der Waals surface area (Å²) in [6, 6.07) is 13.6. The summed E-state index contributed by atoms with van der Waals surface area (Å²) in [6.07, 6.45) is 4.64. The maximum Gasteiger partial charge on any atom is 0.269 e. The number of benzene rings is 2. The Morgan fingerprint density at radius 3 is 2.52 bits per heavy atom. The van der Waals surface area contributed by atoms with Crippen LogP contribution in [0.1, 0.15) is 25.3 Å². The smallest absolute Gasteiger partial charge is 0.269 e. The molecule has 1 amide bonds. The fourth-order valence-electron chi connectivity index (χ4n) is 5.12. The first-order valence-electron chi connectivity index (χ1n) is 13.1. The number of aromatic nitrogens is 3. The van der Waals surface area contributed by atoms with E-state index in [2.05, 4.69) is 20.2 Å². The molecule has 2 aromatic carbocycles. The molecule has 1 unspecified atom stereocenters. The third-order valence-corrected chi connectivity index (χ3v) is 9.23. The highest BCUT2D eigenvalue weighted by atomic mass is 35.5. The maximum atomic E-state index is 13.4. The number of carbonyl (C=O) groups is 1. The average molecular weight is 602 g/mol. The number of fused-ring (bicyclic) bond motifs is 1. The van der Waals surface area contributed by atoms with Crippen LogP contribution in [0.25, 0.3) is 11.0 Å². The Hall–Kier alpha value is -3.34. The summed E-state index contributed by atoms with van der Waals surface area (Å²) in [5.41, 5.74) is 1.98. The Morgan fingerprint density at radius 2 is 1.82 bits per heavy atom. The SMILES string of the molecule is CCN(c1ncnc2c1ccn2S(=O)(=O)c1ccc(C)cc1)C1CCCN(C(=O)CNc2cc(Cl)cc(Cl)c2)C1. The molecule has 2 aromatic heterocycles. The number of carbonyl (C=O) groups excluding carboxylic acids is 1. The molecule has 1 fully saturated rings. The van der Waals surface area contributed by atoms with Crippen molar-refractivity contribution in [2.45, 2.75) is 37.6 Å². The van der Waals surface area contributed by atoms with E-state index >= 15 is 0 Å². The van der Waals surface area contributed by atoms with Crippen LogP contribution in [0.3, 0.4) is 0 Å². The second-order valence-electron chi connectivity index (χ2n) is 9.80. The highest BCUT2D eigenvalue weighted by Gasteiger charge is 2.30. The molecular formula is C28H30Cl2N6O3S. The van der Waals surface area contributed by atoms with E-state index in [-0.39, 0.29) is 23.4 Å². The zero-order chi connectivity index (χ0) is 28.4. The quantitative estimate of drug-likeness (QED) is 0.296. The van der Waals surface area contributed by atoms with Crippen molar-refractivity contribution >= 4 is 61.7 Å². The number of likely N-dealkylation sites (tertiary alicyclic amines) is 1. The molecule has 1 atom stereocenters. The van der Waals surface area contributed by atoms with Crippen LogP contribution in [0.15, 0.2) is 66.0 Å². The minimum atomic E-state index is -3.84. The molecule has 0 saturated carbocycles. The number of rotatable bonds is 8. The fourth-order valence-corrected chi connectivity index (χ4v) is 6.95. The molecule has 0 aliphatic carbocycles. The zero-order valence-corrected chi connectivity index (χ0v) is 24.5. The van der Waals surface area contributed by atoms with Crippen molar-refractivity contribution in [3.05, 3.63) is 76.7 Å². The lowest BCUT2D eigenvalue weighted by molar-refractivity contribution is -0.130. The largest absolute Gasteiger partial charge is 0.376 e. The van der Waals surface area contributed by atoms with Crippen LogP contribution in [0.2, 0.25) is 10.0 Å². The first-order chi connectivity index (χ1) is 19.2. The number of hydrogen-bond acceptors (Lipinski definition) is 7. The topological polar surface area (TPSA) is 100 Å². The Bertz CT molecular complexity index is 1620. The van der Waals surface area contributed by atoms with Gasteiger partial charge in [-0.3, -0.25) is 4.79 Å². The summed E-state index contributed by atoms with van der Waals surface area (Å²) < 4.78 is 28.0. The Kier molecular flexibility index (Phi) is 8.21. The molecule has 0 bridgehead atoms. The molecular weight excluding hydrogens is 571 g/mol. The summed E-state index contributed by atoms with van der Waals surface area (Å²) in [4.78, 5) is 26.2. The van der Waals surface area contributed by atoms with Crippen molar-refractivity contribution in [2.75, 3.05) is 36.4 Å². The normalized spacial score (nSPS) is 15.8. The lowest BCUT2D eigenvalue weighted by atomic mass is 10.0. The van der Waals surface area contributed by atoms with Gasteiger partial charge in [0.15, 0.2) is 5.65 Å². The van der Waals surface area contributed by atoms with E-state index in [1.807, 2.05) is 18.7 Å². The molecule has 1 aliphatic rings. The third-order valence-electron chi connectivity index (χ3n) is 7.11. The standard InChI is InChI=1S/C28H30Cl2N6O3S/c1-3-35(23-5-4-11-34(17-23)26(37)16-31-22-14-20(29)13-21(30)15-22)27-25-10-12-36(28(25)33-18-32-27)40(38,39)24-8-6-19(2)7-9-24/h6-10,12-15,18,23,31H,3-5,11,16-17H2,1-2H3. The first kappa shape index (κ1) is 28.2. The van der Waals surface area contributed by atoms with Crippen LogP contribution < -0.4 is 10.2 Å². The van der Waals surface area contributed by atoms with Gasteiger partial charge < -0.3 is 15.1 Å². The van der Waals surface area contributed by atoms with Gasteiger partial charge in [0, 0.05) is 47.6 Å². The van der Waals surface area contributed by atoms with E-state index in [1.165, 1.54) is 16.5 Å². The molecule has 4 aromatic rings. The summed E-state index contributed by atoms with van der Waals surface area (Å²) in [7, 11) is -3.84. The summed E-state index contributed by atoms with van der Waals surface area (Å²) in [5.74, 6) is 0.622. The zero-order valence-electron chi connectivity index (χ0n) is 22.2. The first-order valence-corrected chi connectivity index (χ1v) is 15.3. The van der Waals surface area contributed by atoms with Crippen molar-refractivity contribution in [1.82, 2.24) is 18.8 Å². The molecule has 40 heavy (non-hydrogen) atoms. The number of halogens is 2. The van der Waals surface area contributed by atoms with Gasteiger partial charge in [0.25, 0.3) is 10.0 Å². The highest BCUT2D eigenvalue weighted by molar-refractivity contribution is 7.90. The van der Waals surface area contributed by atoms with Crippen LogP contribution in [0, 0.1) is 6.92 Å². The van der Waals surface area contributed by atoms with Gasteiger partial charge in [0.2, 0.25) is 5.91 Å². The summed E-state index contributed by atoms with van der Waals surface area (Å²) >= 11 is 12.2. The van der Waals surface area contributed by atoms with Crippen molar-refractivity contribution in [3.8, 4) is 0 Å². The fraction of sp³-hybridized carbons (Fsp3) is 0.321. The van der Waals surface area contributed by atoms with Gasteiger partial charge in [0.05, 0.1) is 16.8 Å². The van der Waals surface area contributed by atoms with E-state index in [4.69, 9.17) is 23.2 Å². The minimum Gasteiger partial charge on any atom is -0.376 e. The van der Waals surface area contributed by atoms with Crippen LogP contribution >= 0.6 is 23.2 Å². The van der Waals surface area contributed by atoms with E-state index < -0.39 is 10.0 Å². The van der Waals surface area contributed by atoms with Crippen LogP contribution in [-0.2, 0) is 14.8 Å². The minimum absolute atomic E-state index is 0.0125. The molecule has 5 rings (SSSR count). The van der Waals surface area contributed by atoms with Crippen molar-refractivity contribution < 1.29 is 13.2 Å². The van der Waals surface area contributed by atoms with Crippen molar-refractivity contribution in [1.29, 1.82) is 0 Å². The second kappa shape index (κ2) is 11.6. The van der Waals surface area contributed by atoms with Gasteiger partial charge in [-0.05, 0) is 63.1 Å². The number of aryl methyl sites for hydroxylation is 1. The number of amides is 1. The highest BCUT2D eigenvalue weighted by Crippen LogP contribution is 2.30. The summed E-state index contributed by atoms with van der Waals surface area (Å²) in [6.45, 7) is 5.87. The van der Waals surface area contributed by atoms with E-state index in [0.717, 1.165) is 18.4 Å². The lowest BCUT2D eigenvalue weighted by Gasteiger charge is -2.39. The molecule has 3 heterocycles. The van der Waals surface area contributed by atoms with Gasteiger partial charge in [0.1, 0.15) is 12.1 Å². The molecule has 0 spiro atoms. The van der Waals surface area contributed by atoms with Gasteiger partial charge in [-0.1, -0.05) is 40.9 Å². The number of piperidine rings is 1. The van der Waals surface area contributed by atoms with Crippen molar-refractivity contribution in [2.24, 2.45) is 0 Å². The number of likely N-dealkylation sites (N-methyl/N-ethyl adjacent to an activating group) is 1. The number of hydrogen-bond donors (Lipinski definition) is 1. The Balaban J connectivity index is 1.36. The van der Waals surface area contributed by atoms with Crippen LogP contribution in [-0.4, -0.2) is 65.4 Å².